The summed E-state index contributed by atoms with van der Waals surface area (Å²) < 4.78 is 11.4. The molecule has 3 N–H and O–H groups in total. The van der Waals surface area contributed by atoms with Crippen LogP contribution in [0, 0.1) is 11.8 Å². The molecule has 9 nitrogen and oxygen atoms in total. The van der Waals surface area contributed by atoms with Gasteiger partial charge in [0.15, 0.2) is 5.78 Å². The Morgan fingerprint density at radius 3 is 2.71 bits per heavy atom. The molecule has 2 aromatic carbocycles. The second kappa shape index (κ2) is 10.4. The molecule has 0 atom stereocenters. The molecule has 0 radical (unpaired) electrons. The number of anilines is 1. The highest BCUT2D eigenvalue weighted by atomic mass is 16.5. The number of unbranched alkanes of at least 4 members (excludes halogenated alkanes) is 3. The number of aromatic nitrogens is 4. The van der Waals surface area contributed by atoms with Gasteiger partial charge in [-0.25, -0.2) is 0 Å². The first-order valence-corrected chi connectivity index (χ1v) is 10.9. The van der Waals surface area contributed by atoms with Crippen molar-refractivity contribution in [2.24, 2.45) is 0 Å². The third-order valence-electron chi connectivity index (χ3n) is 5.21. The van der Waals surface area contributed by atoms with Crippen molar-refractivity contribution in [2.75, 3.05) is 12.3 Å². The second-order valence-electron chi connectivity index (χ2n) is 7.54. The largest absolute Gasteiger partial charge is 0.481 e. The smallest absolute Gasteiger partial charge is 0.242 e. The SMILES string of the molecule is CCCCCC#CCOc1ccc(C(=O)c2cccc3oc(-c4nn[nH]n4)c(N)c(=O)c23)cc1. The van der Waals surface area contributed by atoms with E-state index in [-0.39, 0.29) is 46.2 Å². The summed E-state index contributed by atoms with van der Waals surface area (Å²) in [6, 6.07) is 11.5. The van der Waals surface area contributed by atoms with Gasteiger partial charge in [0.1, 0.15) is 23.6 Å². The van der Waals surface area contributed by atoms with E-state index in [2.05, 4.69) is 39.4 Å². The standard InChI is InChI=1S/C25H23N5O4/c1-2-3-4-5-6-7-15-33-17-13-11-16(12-14-17)22(31)18-9-8-10-19-20(18)23(32)21(26)24(34-19)25-27-29-30-28-25/h8-14H,2-5,15,26H2,1H3,(H,27,28,29,30). The average Bonchev–Trinajstić information content (AvgIpc) is 3.40. The van der Waals surface area contributed by atoms with E-state index in [1.807, 2.05) is 0 Å². The van der Waals surface area contributed by atoms with Crippen LogP contribution in [0.15, 0.2) is 51.7 Å². The van der Waals surface area contributed by atoms with Crippen LogP contribution < -0.4 is 15.9 Å². The Bertz CT molecular complexity index is 1410. The van der Waals surface area contributed by atoms with Crippen LogP contribution in [-0.2, 0) is 0 Å². The van der Waals surface area contributed by atoms with Gasteiger partial charge in [-0.15, -0.1) is 10.2 Å². The summed E-state index contributed by atoms with van der Waals surface area (Å²) in [6.07, 6.45) is 4.31. The lowest BCUT2D eigenvalue weighted by Gasteiger charge is -2.08. The van der Waals surface area contributed by atoms with Crippen LogP contribution in [0.3, 0.4) is 0 Å². The Morgan fingerprint density at radius 1 is 1.15 bits per heavy atom. The molecule has 2 heterocycles. The van der Waals surface area contributed by atoms with Gasteiger partial charge in [-0.3, -0.25) is 9.59 Å². The van der Waals surface area contributed by atoms with Crippen LogP contribution in [0.5, 0.6) is 5.75 Å². The molecule has 4 rings (SSSR count). The Kier molecular flexibility index (Phi) is 6.98. The topological polar surface area (TPSA) is 137 Å². The number of ether oxygens (including phenoxy) is 1. The highest BCUT2D eigenvalue weighted by Gasteiger charge is 2.21. The van der Waals surface area contributed by atoms with Crippen molar-refractivity contribution in [3.63, 3.8) is 0 Å². The lowest BCUT2D eigenvalue weighted by atomic mass is 9.98. The third kappa shape index (κ3) is 4.81. The normalized spacial score (nSPS) is 10.6. The Labute approximate surface area is 195 Å². The number of nitrogens with one attached hydrogen (secondary N) is 1. The number of fused-ring (bicyclic) bond motifs is 1. The fourth-order valence-corrected chi connectivity index (χ4v) is 3.45. The molecule has 0 amide bonds. The molecule has 2 aromatic heterocycles. The fourth-order valence-electron chi connectivity index (χ4n) is 3.45. The summed E-state index contributed by atoms with van der Waals surface area (Å²) >= 11 is 0. The highest BCUT2D eigenvalue weighted by molar-refractivity contribution is 6.16. The molecule has 0 bridgehead atoms. The Morgan fingerprint density at radius 2 is 1.97 bits per heavy atom. The molecule has 0 unspecified atom stereocenters. The number of tetrazole rings is 1. The zero-order valence-electron chi connectivity index (χ0n) is 18.6. The number of nitrogen functional groups attached to an aromatic ring is 1. The number of nitrogens with two attached hydrogens (primary N) is 1. The van der Waals surface area contributed by atoms with E-state index in [1.54, 1.807) is 42.5 Å². The second-order valence-corrected chi connectivity index (χ2v) is 7.54. The molecule has 0 aliphatic heterocycles. The number of rotatable bonds is 8. The Hall–Kier alpha value is -4.45. The van der Waals surface area contributed by atoms with E-state index in [4.69, 9.17) is 14.9 Å². The molecule has 0 fully saturated rings. The number of carbonyl (C=O) groups excluding carboxylic acids is 1. The Balaban J connectivity index is 1.55. The summed E-state index contributed by atoms with van der Waals surface area (Å²) in [5.41, 5.74) is 6.03. The molecule has 0 saturated heterocycles. The van der Waals surface area contributed by atoms with E-state index in [1.165, 1.54) is 12.8 Å². The van der Waals surface area contributed by atoms with Crippen LogP contribution in [0.25, 0.3) is 22.6 Å². The first-order valence-electron chi connectivity index (χ1n) is 10.9. The molecule has 0 saturated carbocycles. The summed E-state index contributed by atoms with van der Waals surface area (Å²) in [5.74, 6) is 6.39. The van der Waals surface area contributed by atoms with Crippen molar-refractivity contribution in [2.45, 2.75) is 32.6 Å². The number of nitrogens with zero attached hydrogens (tertiary/aromatic N) is 3. The van der Waals surface area contributed by atoms with Crippen LogP contribution >= 0.6 is 0 Å². The molecule has 4 aromatic rings. The summed E-state index contributed by atoms with van der Waals surface area (Å²) in [5, 5.41) is 13.4. The summed E-state index contributed by atoms with van der Waals surface area (Å²) in [7, 11) is 0. The number of aromatic amines is 1. The highest BCUT2D eigenvalue weighted by Crippen LogP contribution is 2.27. The number of benzene rings is 2. The minimum Gasteiger partial charge on any atom is -0.481 e. The zero-order valence-corrected chi connectivity index (χ0v) is 18.6. The lowest BCUT2D eigenvalue weighted by molar-refractivity contribution is 0.104. The first-order chi connectivity index (χ1) is 16.6. The van der Waals surface area contributed by atoms with E-state index in [9.17, 15) is 9.59 Å². The van der Waals surface area contributed by atoms with E-state index >= 15 is 0 Å². The summed E-state index contributed by atoms with van der Waals surface area (Å²) in [6.45, 7) is 2.44. The molecule has 172 valence electrons. The molecule has 9 heteroatoms. The van der Waals surface area contributed by atoms with Crippen LogP contribution in [0.4, 0.5) is 5.69 Å². The van der Waals surface area contributed by atoms with E-state index in [0.29, 0.717) is 11.3 Å². The van der Waals surface area contributed by atoms with Crippen molar-refractivity contribution < 1.29 is 13.9 Å². The monoisotopic (exact) mass is 457 g/mol. The summed E-state index contributed by atoms with van der Waals surface area (Å²) in [4.78, 5) is 26.2. The maximum atomic E-state index is 13.2. The van der Waals surface area contributed by atoms with Crippen LogP contribution in [0.2, 0.25) is 0 Å². The van der Waals surface area contributed by atoms with Gasteiger partial charge < -0.3 is 14.9 Å². The van der Waals surface area contributed by atoms with Gasteiger partial charge in [-0.1, -0.05) is 43.7 Å². The van der Waals surface area contributed by atoms with Crippen molar-refractivity contribution in [3.8, 4) is 29.2 Å². The van der Waals surface area contributed by atoms with Gasteiger partial charge in [0.2, 0.25) is 17.0 Å². The molecule has 34 heavy (non-hydrogen) atoms. The maximum Gasteiger partial charge on any atom is 0.242 e. The van der Waals surface area contributed by atoms with Gasteiger partial charge in [0, 0.05) is 17.5 Å². The van der Waals surface area contributed by atoms with Crippen molar-refractivity contribution in [3.05, 3.63) is 63.8 Å². The third-order valence-corrected chi connectivity index (χ3v) is 5.21. The van der Waals surface area contributed by atoms with Gasteiger partial charge in [-0.05, 0) is 42.0 Å². The van der Waals surface area contributed by atoms with Gasteiger partial charge in [0.25, 0.3) is 0 Å². The lowest BCUT2D eigenvalue weighted by Crippen LogP contribution is -2.14. The van der Waals surface area contributed by atoms with Gasteiger partial charge in [0.05, 0.1) is 5.39 Å². The maximum absolute atomic E-state index is 13.2. The number of hydrogen-bond donors (Lipinski definition) is 2. The molecular weight excluding hydrogens is 434 g/mol. The van der Waals surface area contributed by atoms with Gasteiger partial charge in [-0.2, -0.15) is 5.21 Å². The molecule has 0 spiro atoms. The molecule has 0 aliphatic carbocycles. The number of carbonyl (C=O) groups is 1. The fraction of sp³-hybridized carbons (Fsp3) is 0.240. The van der Waals surface area contributed by atoms with Crippen molar-refractivity contribution in [1.29, 1.82) is 0 Å². The number of ketones is 1. The quantitative estimate of drug-likeness (QED) is 0.232. The number of hydrogen-bond acceptors (Lipinski definition) is 8. The van der Waals surface area contributed by atoms with E-state index in [0.717, 1.165) is 12.8 Å². The number of H-pyrrole nitrogens is 1. The predicted molar refractivity (Wildman–Crippen MR) is 127 cm³/mol. The zero-order chi connectivity index (χ0) is 23.9. The minimum absolute atomic E-state index is 0.00851. The van der Waals surface area contributed by atoms with Crippen molar-refractivity contribution >= 4 is 22.4 Å². The van der Waals surface area contributed by atoms with Crippen molar-refractivity contribution in [1.82, 2.24) is 20.6 Å². The van der Waals surface area contributed by atoms with Crippen LogP contribution in [0.1, 0.15) is 48.5 Å². The average molecular weight is 457 g/mol. The molecular formula is C25H23N5O4. The predicted octanol–water partition coefficient (Wildman–Crippen LogP) is 3.75. The van der Waals surface area contributed by atoms with Crippen LogP contribution in [-0.4, -0.2) is 33.0 Å². The molecule has 0 aliphatic rings. The first kappa shape index (κ1) is 22.7. The minimum atomic E-state index is -0.539. The van der Waals surface area contributed by atoms with Gasteiger partial charge >= 0.3 is 0 Å². The van der Waals surface area contributed by atoms with E-state index < -0.39 is 5.43 Å².